The fraction of sp³-hybridized carbons (Fsp3) is 0.0625. The summed E-state index contributed by atoms with van der Waals surface area (Å²) in [5.74, 6) is 0. The number of aromatic nitrogens is 2. The lowest BCUT2D eigenvalue weighted by molar-refractivity contribution is 1.01. The molecule has 0 atom stereocenters. The summed E-state index contributed by atoms with van der Waals surface area (Å²) in [5.41, 5.74) is 10.2. The van der Waals surface area contributed by atoms with Crippen LogP contribution in [0.25, 0.3) is 33.1 Å². The Hall–Kier alpha value is -2.33. The number of hydrogen-bond acceptors (Lipinski definition) is 3. The summed E-state index contributed by atoms with van der Waals surface area (Å²) in [6.07, 6.45) is 0. The van der Waals surface area contributed by atoms with Crippen LogP contribution in [0.5, 0.6) is 0 Å². The van der Waals surface area contributed by atoms with Gasteiger partial charge in [0.05, 0.1) is 5.69 Å². The van der Waals surface area contributed by atoms with Crippen molar-refractivity contribution in [1.82, 2.24) is 9.55 Å². The predicted molar refractivity (Wildman–Crippen MR) is 85.9 cm³/mol. The first-order valence-electron chi connectivity index (χ1n) is 6.42. The molecule has 0 saturated carbocycles. The quantitative estimate of drug-likeness (QED) is 0.571. The lowest BCUT2D eigenvalue weighted by atomic mass is 10.1. The summed E-state index contributed by atoms with van der Waals surface area (Å²) in [6.45, 7) is 0. The van der Waals surface area contributed by atoms with Gasteiger partial charge in [-0.25, -0.2) is 4.98 Å². The average Bonchev–Trinajstić information content (AvgIpc) is 3.03. The summed E-state index contributed by atoms with van der Waals surface area (Å²) in [7, 11) is 2.10. The van der Waals surface area contributed by atoms with Crippen LogP contribution < -0.4 is 5.73 Å². The highest BCUT2D eigenvalue weighted by Crippen LogP contribution is 2.32. The van der Waals surface area contributed by atoms with E-state index in [0.717, 1.165) is 11.3 Å². The van der Waals surface area contributed by atoms with Gasteiger partial charge in [-0.3, -0.25) is 0 Å². The van der Waals surface area contributed by atoms with Crippen LogP contribution >= 0.6 is 11.3 Å². The molecule has 0 aliphatic heterocycles. The molecule has 4 aromatic rings. The third-order valence-corrected chi connectivity index (χ3v) is 4.41. The lowest BCUT2D eigenvalue weighted by Crippen LogP contribution is -1.87. The van der Waals surface area contributed by atoms with Gasteiger partial charge in [-0.1, -0.05) is 30.3 Å². The second kappa shape index (κ2) is 4.08. The second-order valence-corrected chi connectivity index (χ2v) is 5.77. The van der Waals surface area contributed by atoms with Gasteiger partial charge in [0.1, 0.15) is 0 Å². The topological polar surface area (TPSA) is 43.8 Å². The number of hydrogen-bond donors (Lipinski definition) is 1. The zero-order valence-electron chi connectivity index (χ0n) is 11.0. The molecule has 0 aliphatic rings. The number of benzene rings is 2. The van der Waals surface area contributed by atoms with E-state index in [1.807, 2.05) is 5.38 Å². The molecule has 0 radical (unpaired) electrons. The summed E-state index contributed by atoms with van der Waals surface area (Å²) in [6, 6.07) is 14.9. The van der Waals surface area contributed by atoms with Gasteiger partial charge in [-0.05, 0) is 12.1 Å². The lowest BCUT2D eigenvalue weighted by Gasteiger charge is -2.00. The Morgan fingerprint density at radius 3 is 2.65 bits per heavy atom. The summed E-state index contributed by atoms with van der Waals surface area (Å²) < 4.78 is 2.23. The monoisotopic (exact) mass is 279 g/mol. The molecule has 4 rings (SSSR count). The van der Waals surface area contributed by atoms with Crippen LogP contribution in [-0.2, 0) is 7.05 Å². The normalized spacial score (nSPS) is 11.4. The molecule has 0 spiro atoms. The molecule has 0 fully saturated rings. The van der Waals surface area contributed by atoms with Crippen molar-refractivity contribution in [2.45, 2.75) is 0 Å². The van der Waals surface area contributed by atoms with Gasteiger partial charge < -0.3 is 10.3 Å². The third kappa shape index (κ3) is 1.55. The van der Waals surface area contributed by atoms with Crippen LogP contribution in [0.1, 0.15) is 0 Å². The molecule has 2 N–H and O–H groups in total. The molecular weight excluding hydrogens is 266 g/mol. The fourth-order valence-electron chi connectivity index (χ4n) is 2.74. The Morgan fingerprint density at radius 1 is 1.05 bits per heavy atom. The Labute approximate surface area is 120 Å². The fourth-order valence-corrected chi connectivity index (χ4v) is 3.31. The van der Waals surface area contributed by atoms with Crippen LogP contribution in [0.2, 0.25) is 0 Å². The van der Waals surface area contributed by atoms with E-state index < -0.39 is 0 Å². The van der Waals surface area contributed by atoms with Crippen LogP contribution in [-0.4, -0.2) is 9.55 Å². The van der Waals surface area contributed by atoms with Crippen LogP contribution in [0.15, 0.2) is 47.8 Å². The molecule has 0 aliphatic carbocycles. The van der Waals surface area contributed by atoms with Crippen LogP contribution in [0.3, 0.4) is 0 Å². The number of nitrogens with two attached hydrogens (primary N) is 1. The van der Waals surface area contributed by atoms with Gasteiger partial charge in [-0.2, -0.15) is 0 Å². The van der Waals surface area contributed by atoms with Gasteiger partial charge in [0.2, 0.25) is 0 Å². The number of fused-ring (bicyclic) bond motifs is 3. The maximum absolute atomic E-state index is 5.72. The smallest absolute Gasteiger partial charge is 0.180 e. The molecule has 0 bridgehead atoms. The molecule has 2 aromatic heterocycles. The van der Waals surface area contributed by atoms with Crippen LogP contribution in [0.4, 0.5) is 5.13 Å². The van der Waals surface area contributed by atoms with Gasteiger partial charge in [0.15, 0.2) is 5.13 Å². The van der Waals surface area contributed by atoms with E-state index >= 15 is 0 Å². The molecule has 98 valence electrons. The highest BCUT2D eigenvalue weighted by atomic mass is 32.1. The summed E-state index contributed by atoms with van der Waals surface area (Å²) in [4.78, 5) is 4.36. The first-order chi connectivity index (χ1) is 9.74. The van der Waals surface area contributed by atoms with Crippen molar-refractivity contribution in [2.75, 3.05) is 5.73 Å². The Bertz CT molecular complexity index is 933. The molecule has 4 heteroatoms. The molecule has 0 unspecified atom stereocenters. The first-order valence-corrected chi connectivity index (χ1v) is 7.30. The van der Waals surface area contributed by atoms with Crippen molar-refractivity contribution >= 4 is 38.3 Å². The molecule has 3 nitrogen and oxygen atoms in total. The predicted octanol–water partition coefficient (Wildman–Crippen LogP) is 4.04. The van der Waals surface area contributed by atoms with Crippen molar-refractivity contribution in [3.05, 3.63) is 47.8 Å². The first kappa shape index (κ1) is 11.5. The van der Waals surface area contributed by atoms with Crippen LogP contribution in [0, 0.1) is 0 Å². The van der Waals surface area contributed by atoms with E-state index in [1.165, 1.54) is 33.1 Å². The minimum atomic E-state index is 0.608. The Kier molecular flexibility index (Phi) is 2.35. The molecule has 2 heterocycles. The molecule has 2 aromatic carbocycles. The highest BCUT2D eigenvalue weighted by Gasteiger charge is 2.10. The average molecular weight is 279 g/mol. The zero-order valence-corrected chi connectivity index (χ0v) is 11.8. The van der Waals surface area contributed by atoms with E-state index in [-0.39, 0.29) is 0 Å². The maximum atomic E-state index is 5.72. The SMILES string of the molecule is Cn1c2ccccc2c2ccc(-c3csc(N)n3)cc21. The molecule has 20 heavy (non-hydrogen) atoms. The third-order valence-electron chi connectivity index (χ3n) is 3.73. The highest BCUT2D eigenvalue weighted by molar-refractivity contribution is 7.13. The van der Waals surface area contributed by atoms with E-state index in [0.29, 0.717) is 5.13 Å². The minimum absolute atomic E-state index is 0.608. The van der Waals surface area contributed by atoms with Crippen molar-refractivity contribution in [3.63, 3.8) is 0 Å². The van der Waals surface area contributed by atoms with E-state index in [2.05, 4.69) is 59.1 Å². The zero-order chi connectivity index (χ0) is 13.7. The van der Waals surface area contributed by atoms with Crippen molar-refractivity contribution in [3.8, 4) is 11.3 Å². The number of nitrogen functional groups attached to an aromatic ring is 1. The van der Waals surface area contributed by atoms with Crippen molar-refractivity contribution in [2.24, 2.45) is 7.05 Å². The molecule has 0 saturated heterocycles. The van der Waals surface area contributed by atoms with Crippen molar-refractivity contribution < 1.29 is 0 Å². The Balaban J connectivity index is 2.04. The number of para-hydroxylation sites is 1. The number of thiazole rings is 1. The van der Waals surface area contributed by atoms with Crippen molar-refractivity contribution in [1.29, 1.82) is 0 Å². The summed E-state index contributed by atoms with van der Waals surface area (Å²) in [5, 5.41) is 5.17. The number of aryl methyl sites for hydroxylation is 1. The van der Waals surface area contributed by atoms with Gasteiger partial charge in [0, 0.05) is 39.8 Å². The largest absolute Gasteiger partial charge is 0.375 e. The van der Waals surface area contributed by atoms with Gasteiger partial charge >= 0.3 is 0 Å². The standard InChI is InChI=1S/C16H13N3S/c1-19-14-5-3-2-4-11(14)12-7-6-10(8-15(12)19)13-9-20-16(17)18-13/h2-9H,1H3,(H2,17,18). The Morgan fingerprint density at radius 2 is 1.85 bits per heavy atom. The van der Waals surface area contributed by atoms with Gasteiger partial charge in [0.25, 0.3) is 0 Å². The molecule has 0 amide bonds. The second-order valence-electron chi connectivity index (χ2n) is 4.88. The molecular formula is C16H13N3S. The minimum Gasteiger partial charge on any atom is -0.375 e. The van der Waals surface area contributed by atoms with E-state index in [4.69, 9.17) is 5.73 Å². The number of anilines is 1. The number of nitrogens with zero attached hydrogens (tertiary/aromatic N) is 2. The maximum Gasteiger partial charge on any atom is 0.180 e. The van der Waals surface area contributed by atoms with E-state index in [1.54, 1.807) is 0 Å². The number of rotatable bonds is 1. The summed E-state index contributed by atoms with van der Waals surface area (Å²) >= 11 is 1.47. The van der Waals surface area contributed by atoms with Gasteiger partial charge in [-0.15, -0.1) is 11.3 Å². The van der Waals surface area contributed by atoms with E-state index in [9.17, 15) is 0 Å².